The highest BCUT2D eigenvalue weighted by atomic mass is 35.5. The predicted molar refractivity (Wildman–Crippen MR) is 104 cm³/mol. The van der Waals surface area contributed by atoms with Crippen LogP contribution in [0.2, 0.25) is 5.02 Å². The van der Waals surface area contributed by atoms with Gasteiger partial charge in [-0.2, -0.15) is 0 Å². The van der Waals surface area contributed by atoms with Gasteiger partial charge in [0.15, 0.2) is 0 Å². The summed E-state index contributed by atoms with van der Waals surface area (Å²) in [6.07, 6.45) is 0. The van der Waals surface area contributed by atoms with Crippen LogP contribution in [0.1, 0.15) is 5.56 Å². The van der Waals surface area contributed by atoms with E-state index in [0.717, 1.165) is 27.6 Å². The van der Waals surface area contributed by atoms with Crippen LogP contribution >= 0.6 is 11.6 Å². The van der Waals surface area contributed by atoms with Crippen molar-refractivity contribution in [1.82, 2.24) is 4.57 Å². The number of nitrogens with zero attached hydrogens (tertiary/aromatic N) is 1. The van der Waals surface area contributed by atoms with Crippen molar-refractivity contribution in [2.24, 2.45) is 0 Å². The van der Waals surface area contributed by atoms with E-state index in [1.54, 1.807) is 6.07 Å². The molecule has 0 aliphatic carbocycles. The van der Waals surface area contributed by atoms with Gasteiger partial charge in [0.05, 0.1) is 12.1 Å². The van der Waals surface area contributed by atoms with Crippen molar-refractivity contribution >= 4 is 22.5 Å². The van der Waals surface area contributed by atoms with E-state index in [2.05, 4.69) is 6.07 Å². The van der Waals surface area contributed by atoms with Gasteiger partial charge in [0, 0.05) is 16.5 Å². The molecule has 4 aromatic rings. The van der Waals surface area contributed by atoms with Gasteiger partial charge in [0.2, 0.25) is 0 Å². The van der Waals surface area contributed by atoms with Crippen LogP contribution < -0.4 is 5.56 Å². The smallest absolute Gasteiger partial charge is 0.251 e. The number of hydrogen-bond acceptors (Lipinski definition) is 1. The van der Waals surface area contributed by atoms with Crippen LogP contribution in [0.15, 0.2) is 89.7 Å². The first-order valence-corrected chi connectivity index (χ1v) is 8.52. The summed E-state index contributed by atoms with van der Waals surface area (Å²) in [6, 6.07) is 27.4. The van der Waals surface area contributed by atoms with Crippen LogP contribution in [0.3, 0.4) is 0 Å². The zero-order valence-corrected chi connectivity index (χ0v) is 14.3. The summed E-state index contributed by atoms with van der Waals surface area (Å²) < 4.78 is 1.82. The van der Waals surface area contributed by atoms with Gasteiger partial charge in [-0.25, -0.2) is 0 Å². The topological polar surface area (TPSA) is 22.0 Å². The van der Waals surface area contributed by atoms with Gasteiger partial charge in [-0.3, -0.25) is 4.79 Å². The molecule has 25 heavy (non-hydrogen) atoms. The lowest BCUT2D eigenvalue weighted by molar-refractivity contribution is 0.795. The standard InChI is InChI=1S/C22H16ClNO/c23-18-12-10-17(11-13-18)20-14-22(25)24(15-16-6-2-1-3-7-16)21-9-5-4-8-19(20)21/h1-14H,15H2. The number of pyridine rings is 1. The second kappa shape index (κ2) is 6.58. The minimum atomic E-state index is -0.00694. The Morgan fingerprint density at radius 1 is 0.800 bits per heavy atom. The number of fused-ring (bicyclic) bond motifs is 1. The third-order valence-corrected chi connectivity index (χ3v) is 4.61. The van der Waals surface area contributed by atoms with Gasteiger partial charge in [-0.05, 0) is 34.9 Å². The van der Waals surface area contributed by atoms with Crippen LogP contribution in [0.4, 0.5) is 0 Å². The summed E-state index contributed by atoms with van der Waals surface area (Å²) in [6.45, 7) is 0.557. The fourth-order valence-corrected chi connectivity index (χ4v) is 3.26. The summed E-state index contributed by atoms with van der Waals surface area (Å²) in [4.78, 5) is 12.8. The average molecular weight is 346 g/mol. The molecule has 1 heterocycles. The molecule has 0 unspecified atom stereocenters. The third kappa shape index (κ3) is 3.09. The fourth-order valence-electron chi connectivity index (χ4n) is 3.13. The molecule has 0 saturated carbocycles. The molecule has 0 N–H and O–H groups in total. The maximum absolute atomic E-state index is 12.8. The minimum absolute atomic E-state index is 0.00694. The number of halogens is 1. The van der Waals surface area contributed by atoms with Gasteiger partial charge < -0.3 is 4.57 Å². The molecule has 122 valence electrons. The Kier molecular flexibility index (Phi) is 4.12. The van der Waals surface area contributed by atoms with Gasteiger partial charge >= 0.3 is 0 Å². The summed E-state index contributed by atoms with van der Waals surface area (Å²) in [7, 11) is 0. The number of hydrogen-bond donors (Lipinski definition) is 0. The van der Waals surface area contributed by atoms with E-state index in [0.29, 0.717) is 11.6 Å². The zero-order chi connectivity index (χ0) is 17.2. The highest BCUT2D eigenvalue weighted by Gasteiger charge is 2.10. The van der Waals surface area contributed by atoms with Crippen molar-refractivity contribution in [3.05, 3.63) is 106 Å². The van der Waals surface area contributed by atoms with E-state index in [1.807, 2.05) is 77.4 Å². The van der Waals surface area contributed by atoms with Gasteiger partial charge in [0.1, 0.15) is 0 Å². The lowest BCUT2D eigenvalue weighted by Gasteiger charge is -2.14. The van der Waals surface area contributed by atoms with E-state index >= 15 is 0 Å². The molecule has 0 aliphatic rings. The van der Waals surface area contributed by atoms with Crippen molar-refractivity contribution in [2.75, 3.05) is 0 Å². The molecule has 0 radical (unpaired) electrons. The molecular weight excluding hydrogens is 330 g/mol. The highest BCUT2D eigenvalue weighted by Crippen LogP contribution is 2.28. The first-order valence-electron chi connectivity index (χ1n) is 8.15. The van der Waals surface area contributed by atoms with Crippen molar-refractivity contribution in [3.63, 3.8) is 0 Å². The summed E-state index contributed by atoms with van der Waals surface area (Å²) >= 11 is 6.00. The van der Waals surface area contributed by atoms with Crippen LogP contribution in [0.25, 0.3) is 22.0 Å². The van der Waals surface area contributed by atoms with Crippen LogP contribution in [-0.2, 0) is 6.54 Å². The minimum Gasteiger partial charge on any atom is -0.304 e. The number of benzene rings is 3. The molecule has 0 bridgehead atoms. The number of aromatic nitrogens is 1. The van der Waals surface area contributed by atoms with Gasteiger partial charge in [-0.15, -0.1) is 0 Å². The molecule has 0 amide bonds. The largest absolute Gasteiger partial charge is 0.304 e. The molecule has 0 aliphatic heterocycles. The normalized spacial score (nSPS) is 10.9. The lowest BCUT2D eigenvalue weighted by Crippen LogP contribution is -2.20. The SMILES string of the molecule is O=c1cc(-c2ccc(Cl)cc2)c2ccccc2n1Cc1ccccc1. The Balaban J connectivity index is 1.92. The van der Waals surface area contributed by atoms with Gasteiger partial charge in [0.25, 0.3) is 5.56 Å². The number of para-hydroxylation sites is 1. The Hall–Kier alpha value is -2.84. The summed E-state index contributed by atoms with van der Waals surface area (Å²) in [5.41, 5.74) is 3.96. The Morgan fingerprint density at radius 2 is 1.48 bits per heavy atom. The molecule has 3 aromatic carbocycles. The van der Waals surface area contributed by atoms with Crippen molar-refractivity contribution in [3.8, 4) is 11.1 Å². The average Bonchev–Trinajstić information content (AvgIpc) is 2.65. The molecule has 4 rings (SSSR count). The molecule has 3 heteroatoms. The van der Waals surface area contributed by atoms with E-state index in [4.69, 9.17) is 11.6 Å². The quantitative estimate of drug-likeness (QED) is 0.489. The third-order valence-electron chi connectivity index (χ3n) is 4.36. The maximum Gasteiger partial charge on any atom is 0.251 e. The molecule has 0 spiro atoms. The van der Waals surface area contributed by atoms with Crippen LogP contribution in [-0.4, -0.2) is 4.57 Å². The Morgan fingerprint density at radius 3 is 2.24 bits per heavy atom. The van der Waals surface area contributed by atoms with Crippen molar-refractivity contribution < 1.29 is 0 Å². The predicted octanol–water partition coefficient (Wildman–Crippen LogP) is 5.37. The molecule has 0 saturated heterocycles. The molecule has 2 nitrogen and oxygen atoms in total. The summed E-state index contributed by atoms with van der Waals surface area (Å²) in [5.74, 6) is 0. The first-order chi connectivity index (χ1) is 12.2. The van der Waals surface area contributed by atoms with Crippen molar-refractivity contribution in [1.29, 1.82) is 0 Å². The fraction of sp³-hybridized carbons (Fsp3) is 0.0455. The Labute approximate surface area is 150 Å². The van der Waals surface area contributed by atoms with Crippen molar-refractivity contribution in [2.45, 2.75) is 6.54 Å². The zero-order valence-electron chi connectivity index (χ0n) is 13.5. The van der Waals surface area contributed by atoms with E-state index in [9.17, 15) is 4.79 Å². The van der Waals surface area contributed by atoms with E-state index < -0.39 is 0 Å². The first kappa shape index (κ1) is 15.7. The second-order valence-corrected chi connectivity index (χ2v) is 6.43. The monoisotopic (exact) mass is 345 g/mol. The molecule has 1 aromatic heterocycles. The Bertz CT molecular complexity index is 1080. The summed E-state index contributed by atoms with van der Waals surface area (Å²) in [5, 5.41) is 1.74. The van der Waals surface area contributed by atoms with E-state index in [1.165, 1.54) is 0 Å². The second-order valence-electron chi connectivity index (χ2n) is 5.99. The molecule has 0 atom stereocenters. The maximum atomic E-state index is 12.8. The van der Waals surface area contributed by atoms with Crippen LogP contribution in [0, 0.1) is 0 Å². The number of rotatable bonds is 3. The molecule has 0 fully saturated rings. The van der Waals surface area contributed by atoms with Gasteiger partial charge in [-0.1, -0.05) is 72.3 Å². The van der Waals surface area contributed by atoms with Crippen LogP contribution in [0.5, 0.6) is 0 Å². The van der Waals surface area contributed by atoms with E-state index in [-0.39, 0.29) is 5.56 Å². The molecular formula is C22H16ClNO. The highest BCUT2D eigenvalue weighted by molar-refractivity contribution is 6.30. The lowest BCUT2D eigenvalue weighted by atomic mass is 10.0.